The zero-order chi connectivity index (χ0) is 13.2. The van der Waals surface area contributed by atoms with Crippen LogP contribution in [0.3, 0.4) is 0 Å². The topological polar surface area (TPSA) is 73.3 Å². The zero-order valence-electron chi connectivity index (χ0n) is 8.40. The van der Waals surface area contributed by atoms with Gasteiger partial charge in [0.1, 0.15) is 6.10 Å². The van der Waals surface area contributed by atoms with E-state index in [0.717, 1.165) is 0 Å². The van der Waals surface area contributed by atoms with Gasteiger partial charge in [-0.25, -0.2) is 0 Å². The molecule has 0 saturated carbocycles. The van der Waals surface area contributed by atoms with E-state index in [1.807, 2.05) is 0 Å². The Bertz CT molecular complexity index is 404. The lowest BCUT2D eigenvalue weighted by molar-refractivity contribution is 0.0338. The Kier molecular flexibility index (Phi) is 5.19. The van der Waals surface area contributed by atoms with Gasteiger partial charge >= 0.3 is 0 Å². The van der Waals surface area contributed by atoms with Crippen LogP contribution in [0.15, 0.2) is 12.3 Å². The largest absolute Gasteiger partial charge is 0.389 e. The average Bonchev–Trinajstić information content (AvgIpc) is 2.73. The van der Waals surface area contributed by atoms with Crippen molar-refractivity contribution in [1.29, 1.82) is 0 Å². The fourth-order valence-corrected chi connectivity index (χ4v) is 1.69. The Morgan fingerprint density at radius 1 is 1.47 bits per heavy atom. The highest BCUT2D eigenvalue weighted by molar-refractivity contribution is 7.80. The minimum Gasteiger partial charge on any atom is -0.389 e. The number of thiol groups is 1. The number of ketones is 1. The maximum Gasteiger partial charge on any atom is 0.254 e. The van der Waals surface area contributed by atoms with Gasteiger partial charge in [-0.05, 0) is 6.07 Å². The molecule has 1 heterocycles. The molecule has 2 atom stereocenters. The number of halogens is 3. The molecule has 1 aromatic heterocycles. The van der Waals surface area contributed by atoms with E-state index in [1.54, 1.807) is 0 Å². The molecule has 0 aliphatic rings. The lowest BCUT2D eigenvalue weighted by Gasteiger charge is -2.13. The molecule has 0 aromatic carbocycles. The van der Waals surface area contributed by atoms with Crippen molar-refractivity contribution in [2.45, 2.75) is 16.0 Å². The highest BCUT2D eigenvalue weighted by Gasteiger charge is 2.33. The number of hydrogen-bond acceptors (Lipinski definition) is 4. The second-order valence-corrected chi connectivity index (χ2v) is 6.01. The number of rotatable bonds is 4. The van der Waals surface area contributed by atoms with Gasteiger partial charge in [0.25, 0.3) is 3.79 Å². The van der Waals surface area contributed by atoms with Crippen molar-refractivity contribution in [3.05, 3.63) is 23.5 Å². The minimum atomic E-state index is -2.06. The highest BCUT2D eigenvalue weighted by Crippen LogP contribution is 2.31. The van der Waals surface area contributed by atoms with E-state index < -0.39 is 21.8 Å². The number of aliphatic hydroxyl groups is 2. The number of Topliss-reactive ketones (excluding diaryl/α,β-unsaturated/α-hetero) is 1. The molecule has 0 bridgehead atoms. The van der Waals surface area contributed by atoms with Crippen molar-refractivity contribution in [3.63, 3.8) is 0 Å². The number of alkyl halides is 3. The van der Waals surface area contributed by atoms with Gasteiger partial charge in [-0.2, -0.15) is 12.6 Å². The van der Waals surface area contributed by atoms with Crippen LogP contribution in [0.25, 0.3) is 0 Å². The third-order valence-electron chi connectivity index (χ3n) is 2.10. The van der Waals surface area contributed by atoms with Crippen molar-refractivity contribution in [3.8, 4) is 0 Å². The van der Waals surface area contributed by atoms with Crippen molar-refractivity contribution in [1.82, 2.24) is 4.98 Å². The van der Waals surface area contributed by atoms with Crippen LogP contribution in [-0.2, 0) is 0 Å². The molecule has 1 aromatic rings. The number of aliphatic hydroxyl groups excluding tert-OH is 2. The summed E-state index contributed by atoms with van der Waals surface area (Å²) in [7, 11) is 0. The van der Waals surface area contributed by atoms with Gasteiger partial charge in [-0.3, -0.25) is 4.79 Å². The quantitative estimate of drug-likeness (QED) is 0.389. The average molecular weight is 319 g/mol. The Hall–Kier alpha value is 0.0900. The molecular formula is C9H10Cl3NO3S. The van der Waals surface area contributed by atoms with E-state index in [2.05, 4.69) is 17.6 Å². The van der Waals surface area contributed by atoms with Crippen LogP contribution in [0.2, 0.25) is 0 Å². The highest BCUT2D eigenvalue weighted by atomic mass is 35.6. The molecule has 4 nitrogen and oxygen atoms in total. The van der Waals surface area contributed by atoms with E-state index in [9.17, 15) is 15.0 Å². The summed E-state index contributed by atoms with van der Waals surface area (Å²) >= 11 is 20.2. The van der Waals surface area contributed by atoms with Gasteiger partial charge < -0.3 is 15.2 Å². The summed E-state index contributed by atoms with van der Waals surface area (Å²) in [6.45, 7) is 0. The second kappa shape index (κ2) is 5.82. The van der Waals surface area contributed by atoms with Gasteiger partial charge in [0.15, 0.2) is 0 Å². The van der Waals surface area contributed by atoms with E-state index in [1.165, 1.54) is 12.3 Å². The Balaban J connectivity index is 2.89. The first kappa shape index (κ1) is 15.1. The molecule has 0 spiro atoms. The number of carbonyl (C=O) groups excluding carboxylic acids is 1. The Labute approximate surface area is 118 Å². The first-order chi connectivity index (χ1) is 7.77. The fraction of sp³-hybridized carbons (Fsp3) is 0.444. The van der Waals surface area contributed by atoms with Crippen LogP contribution >= 0.6 is 47.4 Å². The molecule has 0 radical (unpaired) electrons. The Morgan fingerprint density at radius 3 is 2.53 bits per heavy atom. The van der Waals surface area contributed by atoms with Crippen molar-refractivity contribution in [2.75, 3.05) is 5.75 Å². The maximum atomic E-state index is 11.6. The molecule has 1 rings (SSSR count). The summed E-state index contributed by atoms with van der Waals surface area (Å²) in [5.41, 5.74) is 0.370. The lowest BCUT2D eigenvalue weighted by atomic mass is 10.1. The molecule has 17 heavy (non-hydrogen) atoms. The van der Waals surface area contributed by atoms with Crippen LogP contribution in [-0.4, -0.2) is 36.6 Å². The molecular weight excluding hydrogens is 309 g/mol. The van der Waals surface area contributed by atoms with Gasteiger partial charge in [-0.1, -0.05) is 34.8 Å². The minimum absolute atomic E-state index is 0.0467. The summed E-state index contributed by atoms with van der Waals surface area (Å²) < 4.78 is -2.06. The predicted molar refractivity (Wildman–Crippen MR) is 70.2 cm³/mol. The number of H-pyrrole nitrogens is 1. The standard InChI is InChI=1S/C9H10Cl3NO3S/c10-9(11,12)8(16)5-1-4(2-13-5)7(15)6(14)3-17/h1-2,6-7,13-15,17H,3H2. The molecule has 3 N–H and O–H groups in total. The number of aromatic amines is 1. The van der Waals surface area contributed by atoms with E-state index in [-0.39, 0.29) is 11.4 Å². The van der Waals surface area contributed by atoms with Crippen molar-refractivity contribution in [2.24, 2.45) is 0 Å². The molecule has 8 heteroatoms. The van der Waals surface area contributed by atoms with Crippen molar-refractivity contribution < 1.29 is 15.0 Å². The molecule has 2 unspecified atom stereocenters. The summed E-state index contributed by atoms with van der Waals surface area (Å²) in [6.07, 6.45) is -0.827. The Morgan fingerprint density at radius 2 is 2.06 bits per heavy atom. The van der Waals surface area contributed by atoms with Crippen molar-refractivity contribution >= 4 is 53.2 Å². The zero-order valence-corrected chi connectivity index (χ0v) is 11.6. The maximum absolute atomic E-state index is 11.6. The van der Waals surface area contributed by atoms with Gasteiger partial charge in [0, 0.05) is 17.5 Å². The third kappa shape index (κ3) is 3.77. The first-order valence-electron chi connectivity index (χ1n) is 4.54. The fourth-order valence-electron chi connectivity index (χ4n) is 1.19. The first-order valence-corrected chi connectivity index (χ1v) is 6.31. The van der Waals surface area contributed by atoms with Gasteiger partial charge in [0.05, 0.1) is 11.8 Å². The lowest BCUT2D eigenvalue weighted by Crippen LogP contribution is -2.20. The van der Waals surface area contributed by atoms with Crippen LogP contribution in [0.4, 0.5) is 0 Å². The summed E-state index contributed by atoms with van der Waals surface area (Å²) in [4.78, 5) is 14.1. The number of hydrogen-bond donors (Lipinski definition) is 4. The van der Waals surface area contributed by atoms with Gasteiger partial charge in [0.2, 0.25) is 5.78 Å². The van der Waals surface area contributed by atoms with Gasteiger partial charge in [-0.15, -0.1) is 0 Å². The molecule has 0 fully saturated rings. The van der Waals surface area contributed by atoms with E-state index in [0.29, 0.717) is 5.56 Å². The molecule has 0 aliphatic carbocycles. The smallest absolute Gasteiger partial charge is 0.254 e. The summed E-state index contributed by atoms with van der Waals surface area (Å²) in [6, 6.07) is 1.32. The third-order valence-corrected chi connectivity index (χ3v) is 2.99. The number of carbonyl (C=O) groups is 1. The van der Waals surface area contributed by atoms with E-state index in [4.69, 9.17) is 34.8 Å². The summed E-state index contributed by atoms with van der Waals surface area (Å²) in [5, 5.41) is 19.0. The SMILES string of the molecule is O=C(c1cc(C(O)C(O)CS)c[nH]1)C(Cl)(Cl)Cl. The number of nitrogens with one attached hydrogen (secondary N) is 1. The molecule has 0 aliphatic heterocycles. The van der Waals surface area contributed by atoms with E-state index >= 15 is 0 Å². The van der Waals surface area contributed by atoms with Crippen LogP contribution in [0.1, 0.15) is 22.2 Å². The predicted octanol–water partition coefficient (Wildman–Crippen LogP) is 1.89. The molecule has 0 amide bonds. The van der Waals surface area contributed by atoms with Crippen LogP contribution < -0.4 is 0 Å². The molecule has 96 valence electrons. The van der Waals surface area contributed by atoms with Crippen LogP contribution in [0, 0.1) is 0 Å². The number of aromatic nitrogens is 1. The monoisotopic (exact) mass is 317 g/mol. The summed E-state index contributed by atoms with van der Waals surface area (Å²) in [5.74, 6) is -0.651. The normalized spacial score (nSPS) is 15.6. The molecule has 0 saturated heterocycles. The van der Waals surface area contributed by atoms with Crippen LogP contribution in [0.5, 0.6) is 0 Å². The second-order valence-electron chi connectivity index (χ2n) is 3.37.